The van der Waals surface area contributed by atoms with Gasteiger partial charge in [-0.15, -0.1) is 6.42 Å². The van der Waals surface area contributed by atoms with Crippen molar-refractivity contribution in [1.82, 2.24) is 20.2 Å². The van der Waals surface area contributed by atoms with E-state index in [-0.39, 0.29) is 24.4 Å². The number of benzene rings is 3. The number of aliphatic hydroxyl groups is 1. The smallest absolute Gasteiger partial charge is 0.251 e. The highest BCUT2D eigenvalue weighted by Gasteiger charge is 2.44. The van der Waals surface area contributed by atoms with Crippen molar-refractivity contribution in [3.05, 3.63) is 101 Å². The summed E-state index contributed by atoms with van der Waals surface area (Å²) in [5.74, 6) is 0.837. The summed E-state index contributed by atoms with van der Waals surface area (Å²) in [7, 11) is 0. The second-order valence-corrected chi connectivity index (χ2v) is 10.8. The minimum atomic E-state index is -1.04. The lowest BCUT2D eigenvalue weighted by atomic mass is 9.98. The fourth-order valence-corrected chi connectivity index (χ4v) is 5.26. The molecule has 41 heavy (non-hydrogen) atoms. The number of rotatable bonds is 12. The zero-order valence-electron chi connectivity index (χ0n) is 23.0. The molecule has 2 atom stereocenters. The molecule has 3 N–H and O–H groups in total. The van der Waals surface area contributed by atoms with Crippen LogP contribution in [0.15, 0.2) is 67.0 Å². The SMILES string of the molecule is C#Cc1cccc(C2(NC[C@@H](O)[C@H](Cc3cc(F)cc(F)c3)NC(=O)c3ccc4ncn(CCCC)c4c3)CC2)c1. The lowest BCUT2D eigenvalue weighted by Gasteiger charge is -2.27. The molecule has 1 aliphatic carbocycles. The monoisotopic (exact) mass is 556 g/mol. The van der Waals surface area contributed by atoms with E-state index in [0.29, 0.717) is 11.1 Å². The zero-order valence-corrected chi connectivity index (χ0v) is 23.0. The van der Waals surface area contributed by atoms with Crippen LogP contribution < -0.4 is 10.6 Å². The Hall–Kier alpha value is -4.06. The van der Waals surface area contributed by atoms with Crippen LogP contribution in [0.5, 0.6) is 0 Å². The first-order chi connectivity index (χ1) is 19.8. The number of carbonyl (C=O) groups excluding carboxylic acids is 1. The molecule has 212 valence electrons. The fraction of sp³-hybridized carbons (Fsp3) is 0.333. The number of aliphatic hydroxyl groups excluding tert-OH is 1. The average Bonchev–Trinajstić information content (AvgIpc) is 3.66. The first kappa shape index (κ1) is 28.5. The number of amides is 1. The summed E-state index contributed by atoms with van der Waals surface area (Å²) in [6.07, 6.45) is 10.1. The van der Waals surface area contributed by atoms with Crippen LogP contribution in [0, 0.1) is 24.0 Å². The number of halogens is 2. The molecule has 0 bridgehead atoms. The third-order valence-electron chi connectivity index (χ3n) is 7.78. The Morgan fingerprint density at radius 1 is 1.15 bits per heavy atom. The molecule has 1 aliphatic rings. The number of imidazole rings is 1. The highest BCUT2D eigenvalue weighted by atomic mass is 19.1. The maximum Gasteiger partial charge on any atom is 0.251 e. The molecule has 1 aromatic heterocycles. The number of carbonyl (C=O) groups is 1. The van der Waals surface area contributed by atoms with Crippen LogP contribution in [0.4, 0.5) is 8.78 Å². The van der Waals surface area contributed by atoms with E-state index in [2.05, 4.69) is 28.5 Å². The van der Waals surface area contributed by atoms with Gasteiger partial charge in [-0.25, -0.2) is 13.8 Å². The van der Waals surface area contributed by atoms with E-state index in [9.17, 15) is 18.7 Å². The molecule has 0 saturated heterocycles. The summed E-state index contributed by atoms with van der Waals surface area (Å²) in [5.41, 5.74) is 3.90. The Bertz CT molecular complexity index is 1570. The molecule has 0 radical (unpaired) electrons. The van der Waals surface area contributed by atoms with E-state index in [1.54, 1.807) is 24.5 Å². The van der Waals surface area contributed by atoms with Crippen LogP contribution in [0.1, 0.15) is 59.7 Å². The fourth-order valence-electron chi connectivity index (χ4n) is 5.26. The normalized spacial score (nSPS) is 15.3. The van der Waals surface area contributed by atoms with Crippen LogP contribution in [-0.4, -0.2) is 39.3 Å². The minimum Gasteiger partial charge on any atom is -0.390 e. The van der Waals surface area contributed by atoms with Gasteiger partial charge < -0.3 is 20.3 Å². The first-order valence-electron chi connectivity index (χ1n) is 14.0. The molecule has 4 aromatic rings. The first-order valence-corrected chi connectivity index (χ1v) is 14.0. The maximum absolute atomic E-state index is 14.0. The van der Waals surface area contributed by atoms with E-state index in [4.69, 9.17) is 6.42 Å². The van der Waals surface area contributed by atoms with Gasteiger partial charge in [-0.05, 0) is 79.3 Å². The lowest BCUT2D eigenvalue weighted by molar-refractivity contribution is 0.0822. The quantitative estimate of drug-likeness (QED) is 0.213. The van der Waals surface area contributed by atoms with E-state index < -0.39 is 23.8 Å². The molecule has 1 saturated carbocycles. The Kier molecular flexibility index (Phi) is 8.48. The van der Waals surface area contributed by atoms with Crippen molar-refractivity contribution in [2.24, 2.45) is 0 Å². The minimum absolute atomic E-state index is 0.0412. The van der Waals surface area contributed by atoms with E-state index in [1.165, 1.54) is 12.1 Å². The van der Waals surface area contributed by atoms with Crippen molar-refractivity contribution < 1.29 is 18.7 Å². The maximum atomic E-state index is 14.0. The van der Waals surface area contributed by atoms with Gasteiger partial charge in [-0.1, -0.05) is 31.4 Å². The van der Waals surface area contributed by atoms with Crippen molar-refractivity contribution in [3.63, 3.8) is 0 Å². The van der Waals surface area contributed by atoms with Crippen LogP contribution in [0.2, 0.25) is 0 Å². The number of nitrogens with zero attached hydrogens (tertiary/aromatic N) is 2. The van der Waals surface area contributed by atoms with Gasteiger partial charge in [0.1, 0.15) is 11.6 Å². The predicted molar refractivity (Wildman–Crippen MR) is 155 cm³/mol. The summed E-state index contributed by atoms with van der Waals surface area (Å²) < 4.78 is 30.0. The third kappa shape index (κ3) is 6.64. The van der Waals surface area contributed by atoms with E-state index in [0.717, 1.165) is 60.5 Å². The second-order valence-electron chi connectivity index (χ2n) is 10.8. The summed E-state index contributed by atoms with van der Waals surface area (Å²) in [6, 6.07) is 15.4. The van der Waals surface area contributed by atoms with Gasteiger partial charge in [0.05, 0.1) is 29.5 Å². The number of hydrogen-bond donors (Lipinski definition) is 3. The van der Waals surface area contributed by atoms with Gasteiger partial charge in [0.15, 0.2) is 0 Å². The number of aryl methyl sites for hydroxylation is 1. The highest BCUT2D eigenvalue weighted by Crippen LogP contribution is 2.45. The molecule has 3 aromatic carbocycles. The second kappa shape index (κ2) is 12.2. The Morgan fingerprint density at radius 2 is 1.93 bits per heavy atom. The number of aromatic nitrogens is 2. The number of unbranched alkanes of at least 4 members (excludes halogenated alkanes) is 1. The van der Waals surface area contributed by atoms with Crippen molar-refractivity contribution in [2.75, 3.05) is 6.54 Å². The Morgan fingerprint density at radius 3 is 2.63 bits per heavy atom. The summed E-state index contributed by atoms with van der Waals surface area (Å²) in [5, 5.41) is 17.7. The van der Waals surface area contributed by atoms with E-state index >= 15 is 0 Å². The molecule has 6 nitrogen and oxygen atoms in total. The zero-order chi connectivity index (χ0) is 29.0. The number of hydrogen-bond acceptors (Lipinski definition) is 4. The van der Waals surface area contributed by atoms with Gasteiger partial charge >= 0.3 is 0 Å². The molecule has 0 aliphatic heterocycles. The van der Waals surface area contributed by atoms with Gasteiger partial charge in [0.2, 0.25) is 0 Å². The van der Waals surface area contributed by atoms with E-state index in [1.807, 2.05) is 28.8 Å². The molecule has 1 fully saturated rings. The number of terminal acetylenes is 1. The molecule has 1 heterocycles. The molecule has 1 amide bonds. The van der Waals surface area contributed by atoms with Gasteiger partial charge in [0, 0.05) is 35.8 Å². The number of nitrogens with one attached hydrogen (secondary N) is 2. The van der Waals surface area contributed by atoms with Crippen molar-refractivity contribution in [1.29, 1.82) is 0 Å². The van der Waals surface area contributed by atoms with Gasteiger partial charge in [-0.2, -0.15) is 0 Å². The standard InChI is InChI=1S/C33H34F2N4O2/c1-3-5-13-39-21-36-28-10-9-24(18-30(28)39)32(41)38-29(17-23-15-26(34)19-27(35)16-23)31(40)20-37-33(11-12-33)25-8-6-7-22(4-2)14-25/h2,6-10,14-16,18-19,21,29,31,37,40H,3,5,11-13,17,20H2,1H3,(H,38,41)/t29-,31+/m0/s1. The lowest BCUT2D eigenvalue weighted by Crippen LogP contribution is -2.50. The summed E-state index contributed by atoms with van der Waals surface area (Å²) in [6.45, 7) is 3.07. The van der Waals surface area contributed by atoms with Gasteiger partial charge in [0.25, 0.3) is 5.91 Å². The van der Waals surface area contributed by atoms with Crippen molar-refractivity contribution in [3.8, 4) is 12.3 Å². The topological polar surface area (TPSA) is 79.2 Å². The van der Waals surface area contributed by atoms with Crippen LogP contribution in [-0.2, 0) is 18.5 Å². The number of fused-ring (bicyclic) bond motifs is 1. The van der Waals surface area contributed by atoms with Crippen LogP contribution in [0.25, 0.3) is 11.0 Å². The Balaban J connectivity index is 1.35. The third-order valence-corrected chi connectivity index (χ3v) is 7.78. The molecular formula is C33H34F2N4O2. The Labute approximate surface area is 238 Å². The molecule has 8 heteroatoms. The average molecular weight is 557 g/mol. The van der Waals surface area contributed by atoms with Crippen LogP contribution >= 0.6 is 0 Å². The largest absolute Gasteiger partial charge is 0.390 e. The van der Waals surface area contributed by atoms with Crippen molar-refractivity contribution >= 4 is 16.9 Å². The molecule has 0 spiro atoms. The highest BCUT2D eigenvalue weighted by molar-refractivity contribution is 5.97. The summed E-state index contributed by atoms with van der Waals surface area (Å²) >= 11 is 0. The van der Waals surface area contributed by atoms with Crippen molar-refractivity contribution in [2.45, 2.75) is 63.3 Å². The molecular weight excluding hydrogens is 522 g/mol. The predicted octanol–water partition coefficient (Wildman–Crippen LogP) is 5.08. The molecule has 5 rings (SSSR count). The molecule has 0 unspecified atom stereocenters. The summed E-state index contributed by atoms with van der Waals surface area (Å²) in [4.78, 5) is 17.9. The van der Waals surface area contributed by atoms with Crippen LogP contribution in [0.3, 0.4) is 0 Å². The van der Waals surface area contributed by atoms with Gasteiger partial charge in [-0.3, -0.25) is 4.79 Å².